The second-order valence-electron chi connectivity index (χ2n) is 4.48. The number of fused-ring (bicyclic) bond motifs is 1. The van der Waals surface area contributed by atoms with E-state index in [1.165, 1.54) is 0 Å². The average Bonchev–Trinajstić information content (AvgIpc) is 2.79. The van der Waals surface area contributed by atoms with E-state index < -0.39 is 0 Å². The van der Waals surface area contributed by atoms with Gasteiger partial charge in [0.05, 0.1) is 30.0 Å². The Hall–Kier alpha value is -2.63. The van der Waals surface area contributed by atoms with E-state index in [4.69, 9.17) is 5.73 Å². The maximum absolute atomic E-state index is 12.3. The first-order chi connectivity index (χ1) is 9.13. The molecule has 3 rings (SSSR count). The van der Waals surface area contributed by atoms with Gasteiger partial charge in [-0.25, -0.2) is 4.98 Å². The van der Waals surface area contributed by atoms with Gasteiger partial charge in [0, 0.05) is 24.5 Å². The molecule has 0 saturated heterocycles. The van der Waals surface area contributed by atoms with Crippen LogP contribution in [0.25, 0.3) is 10.9 Å². The molecule has 0 aliphatic heterocycles. The Morgan fingerprint density at radius 1 is 1.37 bits per heavy atom. The van der Waals surface area contributed by atoms with Gasteiger partial charge < -0.3 is 5.73 Å². The molecule has 96 valence electrons. The number of benzene rings is 1. The largest absolute Gasteiger partial charge is 0.399 e. The third-order valence-electron chi connectivity index (χ3n) is 2.96. The molecule has 3 aromatic rings. The highest BCUT2D eigenvalue weighted by Gasteiger charge is 2.06. The van der Waals surface area contributed by atoms with Crippen molar-refractivity contribution in [2.45, 2.75) is 6.54 Å². The predicted molar refractivity (Wildman–Crippen MR) is 72.7 cm³/mol. The Morgan fingerprint density at radius 3 is 2.95 bits per heavy atom. The number of nitrogens with two attached hydrogens (primary N) is 1. The van der Waals surface area contributed by atoms with Gasteiger partial charge >= 0.3 is 0 Å². The molecule has 6 nitrogen and oxygen atoms in total. The van der Waals surface area contributed by atoms with Crippen LogP contribution in [-0.2, 0) is 13.6 Å². The predicted octanol–water partition coefficient (Wildman–Crippen LogP) is 0.760. The van der Waals surface area contributed by atoms with Crippen LogP contribution in [0.15, 0.2) is 41.7 Å². The van der Waals surface area contributed by atoms with E-state index in [0.29, 0.717) is 23.1 Å². The van der Waals surface area contributed by atoms with Gasteiger partial charge in [0.1, 0.15) is 0 Å². The lowest BCUT2D eigenvalue weighted by molar-refractivity contribution is 0.742. The number of rotatable bonds is 2. The topological polar surface area (TPSA) is 78.7 Å². The SMILES string of the molecule is Cn1cc(Cn2cnc3ccc(N)cc3c2=O)cn1. The summed E-state index contributed by atoms with van der Waals surface area (Å²) in [4.78, 5) is 16.6. The zero-order valence-electron chi connectivity index (χ0n) is 10.4. The van der Waals surface area contributed by atoms with E-state index in [2.05, 4.69) is 10.1 Å². The molecule has 0 fully saturated rings. The molecular formula is C13H13N5O. The van der Waals surface area contributed by atoms with Crippen LogP contribution in [-0.4, -0.2) is 19.3 Å². The Kier molecular flexibility index (Phi) is 2.56. The van der Waals surface area contributed by atoms with Crippen LogP contribution < -0.4 is 11.3 Å². The fraction of sp³-hybridized carbons (Fsp3) is 0.154. The number of aromatic nitrogens is 4. The molecule has 6 heteroatoms. The quantitative estimate of drug-likeness (QED) is 0.686. The lowest BCUT2D eigenvalue weighted by Crippen LogP contribution is -2.21. The van der Waals surface area contributed by atoms with E-state index in [9.17, 15) is 4.79 Å². The summed E-state index contributed by atoms with van der Waals surface area (Å²) in [7, 11) is 1.84. The molecular weight excluding hydrogens is 242 g/mol. The van der Waals surface area contributed by atoms with Crippen molar-refractivity contribution < 1.29 is 0 Å². The normalized spacial score (nSPS) is 11.0. The molecule has 2 N–H and O–H groups in total. The number of aryl methyl sites for hydroxylation is 1. The number of nitrogens with zero attached hydrogens (tertiary/aromatic N) is 4. The van der Waals surface area contributed by atoms with Crippen LogP contribution in [0.1, 0.15) is 5.56 Å². The monoisotopic (exact) mass is 255 g/mol. The minimum Gasteiger partial charge on any atom is -0.399 e. The van der Waals surface area contributed by atoms with Crippen LogP contribution in [0.4, 0.5) is 5.69 Å². The minimum absolute atomic E-state index is 0.0962. The van der Waals surface area contributed by atoms with E-state index in [0.717, 1.165) is 5.56 Å². The zero-order chi connectivity index (χ0) is 13.4. The van der Waals surface area contributed by atoms with Crippen molar-refractivity contribution >= 4 is 16.6 Å². The Bertz CT molecular complexity index is 802. The van der Waals surface area contributed by atoms with Gasteiger partial charge in [-0.05, 0) is 18.2 Å². The molecule has 0 amide bonds. The summed E-state index contributed by atoms with van der Waals surface area (Å²) in [5.41, 5.74) is 7.78. The number of hydrogen-bond acceptors (Lipinski definition) is 4. The van der Waals surface area contributed by atoms with E-state index >= 15 is 0 Å². The molecule has 0 aliphatic rings. The highest BCUT2D eigenvalue weighted by molar-refractivity contribution is 5.80. The summed E-state index contributed by atoms with van der Waals surface area (Å²) < 4.78 is 3.26. The molecule has 0 radical (unpaired) electrons. The highest BCUT2D eigenvalue weighted by atomic mass is 16.1. The Balaban J connectivity index is 2.09. The minimum atomic E-state index is -0.0962. The van der Waals surface area contributed by atoms with Crippen molar-refractivity contribution in [3.05, 3.63) is 52.8 Å². The molecule has 19 heavy (non-hydrogen) atoms. The van der Waals surface area contributed by atoms with Gasteiger partial charge in [-0.3, -0.25) is 14.0 Å². The van der Waals surface area contributed by atoms with Crippen LogP contribution in [0.3, 0.4) is 0 Å². The van der Waals surface area contributed by atoms with Crippen molar-refractivity contribution in [2.75, 3.05) is 5.73 Å². The van der Waals surface area contributed by atoms with Gasteiger partial charge in [0.2, 0.25) is 0 Å². The molecule has 1 aromatic carbocycles. The molecule has 0 bridgehead atoms. The van der Waals surface area contributed by atoms with Crippen LogP contribution in [0.2, 0.25) is 0 Å². The van der Waals surface area contributed by atoms with Crippen molar-refractivity contribution in [1.29, 1.82) is 0 Å². The summed E-state index contributed by atoms with van der Waals surface area (Å²) >= 11 is 0. The maximum atomic E-state index is 12.3. The standard InChI is InChI=1S/C13H13N5O/c1-17-6-9(5-16-17)7-18-8-15-12-3-2-10(14)4-11(12)13(18)19/h2-6,8H,7,14H2,1H3. The van der Waals surface area contributed by atoms with Crippen LogP contribution >= 0.6 is 0 Å². The zero-order valence-corrected chi connectivity index (χ0v) is 10.4. The van der Waals surface area contributed by atoms with E-state index in [-0.39, 0.29) is 5.56 Å². The van der Waals surface area contributed by atoms with E-state index in [1.807, 2.05) is 13.2 Å². The molecule has 2 heterocycles. The highest BCUT2D eigenvalue weighted by Crippen LogP contribution is 2.11. The summed E-state index contributed by atoms with van der Waals surface area (Å²) in [5.74, 6) is 0. The number of anilines is 1. The van der Waals surface area contributed by atoms with Gasteiger partial charge in [-0.1, -0.05) is 0 Å². The first kappa shape index (κ1) is 11.5. The smallest absolute Gasteiger partial charge is 0.261 e. The third-order valence-corrected chi connectivity index (χ3v) is 2.96. The van der Waals surface area contributed by atoms with Crippen LogP contribution in [0, 0.1) is 0 Å². The second kappa shape index (κ2) is 4.24. The van der Waals surface area contributed by atoms with Crippen molar-refractivity contribution in [1.82, 2.24) is 19.3 Å². The van der Waals surface area contributed by atoms with Gasteiger partial charge in [0.15, 0.2) is 0 Å². The first-order valence-corrected chi connectivity index (χ1v) is 5.86. The summed E-state index contributed by atoms with van der Waals surface area (Å²) in [6.07, 6.45) is 5.15. The van der Waals surface area contributed by atoms with Crippen molar-refractivity contribution in [3.8, 4) is 0 Å². The summed E-state index contributed by atoms with van der Waals surface area (Å²) in [6.45, 7) is 0.449. The lowest BCUT2D eigenvalue weighted by atomic mass is 10.2. The number of nitrogen functional groups attached to an aromatic ring is 1. The Morgan fingerprint density at radius 2 is 2.21 bits per heavy atom. The molecule has 0 spiro atoms. The van der Waals surface area contributed by atoms with Crippen molar-refractivity contribution in [3.63, 3.8) is 0 Å². The second-order valence-corrected chi connectivity index (χ2v) is 4.48. The lowest BCUT2D eigenvalue weighted by Gasteiger charge is -2.05. The molecule has 0 aliphatic carbocycles. The van der Waals surface area contributed by atoms with Crippen molar-refractivity contribution in [2.24, 2.45) is 7.05 Å². The first-order valence-electron chi connectivity index (χ1n) is 5.86. The number of hydrogen-bond donors (Lipinski definition) is 1. The molecule has 0 atom stereocenters. The van der Waals surface area contributed by atoms with Crippen LogP contribution in [0.5, 0.6) is 0 Å². The molecule has 2 aromatic heterocycles. The third kappa shape index (κ3) is 2.08. The molecule has 0 unspecified atom stereocenters. The Labute approximate surface area is 109 Å². The van der Waals surface area contributed by atoms with Gasteiger partial charge in [-0.2, -0.15) is 5.10 Å². The molecule has 0 saturated carbocycles. The summed E-state index contributed by atoms with van der Waals surface area (Å²) in [5, 5.41) is 4.61. The van der Waals surface area contributed by atoms with Gasteiger partial charge in [0.25, 0.3) is 5.56 Å². The fourth-order valence-electron chi connectivity index (χ4n) is 2.04. The summed E-state index contributed by atoms with van der Waals surface area (Å²) in [6, 6.07) is 5.14. The average molecular weight is 255 g/mol. The maximum Gasteiger partial charge on any atom is 0.261 e. The fourth-order valence-corrected chi connectivity index (χ4v) is 2.04. The van der Waals surface area contributed by atoms with E-state index in [1.54, 1.807) is 40.0 Å². The van der Waals surface area contributed by atoms with Gasteiger partial charge in [-0.15, -0.1) is 0 Å².